The lowest BCUT2D eigenvalue weighted by Crippen LogP contribution is -2.38. The third-order valence-corrected chi connectivity index (χ3v) is 3.14. The van der Waals surface area contributed by atoms with Crippen molar-refractivity contribution in [3.8, 4) is 0 Å². The maximum Gasteiger partial charge on any atom is 0.228 e. The number of carbonyl (C=O) groups is 2. The Bertz CT molecular complexity index is 440. The summed E-state index contributed by atoms with van der Waals surface area (Å²) in [6.07, 6.45) is 1.47. The highest BCUT2D eigenvalue weighted by Crippen LogP contribution is 2.17. The van der Waals surface area contributed by atoms with E-state index in [4.69, 9.17) is 0 Å². The fourth-order valence-corrected chi connectivity index (χ4v) is 2.09. The first-order chi connectivity index (χ1) is 8.68. The van der Waals surface area contributed by atoms with Crippen LogP contribution in [0.4, 0.5) is 5.69 Å². The second-order valence-electron chi connectivity index (χ2n) is 4.50. The summed E-state index contributed by atoms with van der Waals surface area (Å²) in [5.41, 5.74) is 1.56. The van der Waals surface area contributed by atoms with Crippen LogP contribution in [0.5, 0.6) is 0 Å². The average Bonchev–Trinajstić information content (AvgIpc) is 2.35. The lowest BCUT2D eigenvalue weighted by atomic mass is 10.1. The average molecular weight is 246 g/mol. The molecule has 4 nitrogen and oxygen atoms in total. The normalized spacial score (nSPS) is 17.2. The van der Waals surface area contributed by atoms with Crippen LogP contribution in [0.3, 0.4) is 0 Å². The van der Waals surface area contributed by atoms with E-state index in [1.807, 2.05) is 17.0 Å². The minimum atomic E-state index is 0.0461. The van der Waals surface area contributed by atoms with Crippen LogP contribution in [0, 0.1) is 0 Å². The monoisotopic (exact) mass is 246 g/mol. The van der Waals surface area contributed by atoms with Crippen LogP contribution in [-0.4, -0.2) is 31.3 Å². The van der Waals surface area contributed by atoms with Gasteiger partial charge in [-0.05, 0) is 44.2 Å². The van der Waals surface area contributed by atoms with Crippen LogP contribution in [0.2, 0.25) is 0 Å². The molecule has 2 rings (SSSR count). The fourth-order valence-electron chi connectivity index (χ4n) is 2.09. The molecular formula is C14H18N2O2. The third-order valence-electron chi connectivity index (χ3n) is 3.14. The first kappa shape index (κ1) is 12.8. The van der Waals surface area contributed by atoms with E-state index in [1.54, 1.807) is 19.1 Å². The highest BCUT2D eigenvalue weighted by molar-refractivity contribution is 5.96. The molecule has 0 radical (unpaired) electrons. The smallest absolute Gasteiger partial charge is 0.228 e. The Morgan fingerprint density at radius 1 is 1.22 bits per heavy atom. The number of anilines is 1. The van der Waals surface area contributed by atoms with Gasteiger partial charge >= 0.3 is 0 Å². The van der Waals surface area contributed by atoms with E-state index in [9.17, 15) is 9.59 Å². The largest absolute Gasteiger partial charge is 0.316 e. The van der Waals surface area contributed by atoms with Crippen molar-refractivity contribution in [3.05, 3.63) is 29.8 Å². The molecule has 0 atom stereocenters. The number of carbonyl (C=O) groups excluding carboxylic acids is 2. The summed E-state index contributed by atoms with van der Waals surface area (Å²) in [5.74, 6) is 0.183. The summed E-state index contributed by atoms with van der Waals surface area (Å²) < 4.78 is 0. The zero-order valence-corrected chi connectivity index (χ0v) is 10.6. The van der Waals surface area contributed by atoms with Gasteiger partial charge in [-0.15, -0.1) is 0 Å². The van der Waals surface area contributed by atoms with E-state index in [0.717, 1.165) is 31.7 Å². The number of ketones is 1. The quantitative estimate of drug-likeness (QED) is 0.806. The third kappa shape index (κ3) is 2.96. The molecule has 0 bridgehead atoms. The summed E-state index contributed by atoms with van der Waals surface area (Å²) in [4.78, 5) is 25.0. The number of amides is 1. The molecule has 0 aliphatic carbocycles. The van der Waals surface area contributed by atoms with Crippen molar-refractivity contribution in [3.63, 3.8) is 0 Å². The Morgan fingerprint density at radius 3 is 2.61 bits per heavy atom. The van der Waals surface area contributed by atoms with Gasteiger partial charge in [0.2, 0.25) is 5.91 Å². The fraction of sp³-hybridized carbons (Fsp3) is 0.429. The molecule has 1 saturated heterocycles. The number of benzene rings is 1. The second-order valence-corrected chi connectivity index (χ2v) is 4.50. The SMILES string of the molecule is CC(=O)c1ccc(N2CCCNCCC2=O)cc1. The Labute approximate surface area is 107 Å². The number of hydrogen-bond acceptors (Lipinski definition) is 3. The first-order valence-corrected chi connectivity index (χ1v) is 6.30. The van der Waals surface area contributed by atoms with E-state index >= 15 is 0 Å². The van der Waals surface area contributed by atoms with Gasteiger partial charge in [0, 0.05) is 30.8 Å². The van der Waals surface area contributed by atoms with E-state index < -0.39 is 0 Å². The van der Waals surface area contributed by atoms with Gasteiger partial charge in [-0.1, -0.05) is 0 Å². The van der Waals surface area contributed by atoms with Gasteiger partial charge in [0.05, 0.1) is 0 Å². The van der Waals surface area contributed by atoms with Crippen molar-refractivity contribution >= 4 is 17.4 Å². The van der Waals surface area contributed by atoms with E-state index in [1.165, 1.54) is 0 Å². The summed E-state index contributed by atoms with van der Waals surface area (Å²) in [7, 11) is 0. The van der Waals surface area contributed by atoms with Crippen molar-refractivity contribution in [2.24, 2.45) is 0 Å². The molecular weight excluding hydrogens is 228 g/mol. The predicted molar refractivity (Wildman–Crippen MR) is 70.9 cm³/mol. The van der Waals surface area contributed by atoms with Crippen LogP contribution in [0.1, 0.15) is 30.1 Å². The molecule has 0 aromatic heterocycles. The molecule has 96 valence electrons. The van der Waals surface area contributed by atoms with Crippen molar-refractivity contribution in [2.75, 3.05) is 24.5 Å². The summed E-state index contributed by atoms with van der Waals surface area (Å²) >= 11 is 0. The summed E-state index contributed by atoms with van der Waals surface area (Å²) in [6, 6.07) is 7.26. The molecule has 1 aliphatic heterocycles. The second kappa shape index (κ2) is 5.78. The van der Waals surface area contributed by atoms with Crippen molar-refractivity contribution in [2.45, 2.75) is 19.8 Å². The molecule has 1 heterocycles. The maximum atomic E-state index is 12.0. The lowest BCUT2D eigenvalue weighted by Gasteiger charge is -2.25. The Morgan fingerprint density at radius 2 is 1.94 bits per heavy atom. The molecule has 0 spiro atoms. The highest BCUT2D eigenvalue weighted by atomic mass is 16.2. The number of nitrogens with zero attached hydrogens (tertiary/aromatic N) is 1. The van der Waals surface area contributed by atoms with Crippen molar-refractivity contribution < 1.29 is 9.59 Å². The minimum Gasteiger partial charge on any atom is -0.316 e. The molecule has 18 heavy (non-hydrogen) atoms. The van der Waals surface area contributed by atoms with Gasteiger partial charge in [-0.3, -0.25) is 9.59 Å². The summed E-state index contributed by atoms with van der Waals surface area (Å²) in [5, 5.41) is 3.22. The molecule has 1 N–H and O–H groups in total. The number of rotatable bonds is 2. The Hall–Kier alpha value is -1.68. The van der Waals surface area contributed by atoms with Crippen LogP contribution in [0.15, 0.2) is 24.3 Å². The van der Waals surface area contributed by atoms with E-state index in [2.05, 4.69) is 5.32 Å². The molecule has 1 aliphatic rings. The van der Waals surface area contributed by atoms with Crippen LogP contribution in [0.25, 0.3) is 0 Å². The molecule has 1 fully saturated rings. The van der Waals surface area contributed by atoms with Gasteiger partial charge in [-0.25, -0.2) is 0 Å². The zero-order valence-electron chi connectivity index (χ0n) is 10.6. The van der Waals surface area contributed by atoms with Crippen LogP contribution < -0.4 is 10.2 Å². The topological polar surface area (TPSA) is 49.4 Å². The maximum absolute atomic E-state index is 12.0. The van der Waals surface area contributed by atoms with E-state index in [0.29, 0.717) is 12.0 Å². The van der Waals surface area contributed by atoms with Crippen molar-refractivity contribution in [1.82, 2.24) is 5.32 Å². The number of hydrogen-bond donors (Lipinski definition) is 1. The van der Waals surface area contributed by atoms with E-state index in [-0.39, 0.29) is 11.7 Å². The predicted octanol–water partition coefficient (Wildman–Crippen LogP) is 1.61. The molecule has 0 unspecified atom stereocenters. The molecule has 0 saturated carbocycles. The van der Waals surface area contributed by atoms with Crippen LogP contribution >= 0.6 is 0 Å². The minimum absolute atomic E-state index is 0.0461. The van der Waals surface area contributed by atoms with Gasteiger partial charge in [0.15, 0.2) is 5.78 Å². The lowest BCUT2D eigenvalue weighted by molar-refractivity contribution is -0.118. The highest BCUT2D eigenvalue weighted by Gasteiger charge is 2.16. The van der Waals surface area contributed by atoms with Crippen LogP contribution in [-0.2, 0) is 4.79 Å². The van der Waals surface area contributed by atoms with Gasteiger partial charge < -0.3 is 10.2 Å². The molecule has 4 heteroatoms. The van der Waals surface area contributed by atoms with Crippen molar-refractivity contribution in [1.29, 1.82) is 0 Å². The summed E-state index contributed by atoms with van der Waals surface area (Å²) in [6.45, 7) is 3.95. The van der Waals surface area contributed by atoms with Gasteiger partial charge in [0.25, 0.3) is 0 Å². The Kier molecular flexibility index (Phi) is 4.10. The number of Topliss-reactive ketones (excluding diaryl/α,β-unsaturated/α-hetero) is 1. The standard InChI is InChI=1S/C14H18N2O2/c1-11(17)12-3-5-13(6-4-12)16-10-2-8-15-9-7-14(16)18/h3-6,15H,2,7-10H2,1H3. The molecule has 1 amide bonds. The first-order valence-electron chi connectivity index (χ1n) is 6.30. The zero-order chi connectivity index (χ0) is 13.0. The van der Waals surface area contributed by atoms with Gasteiger partial charge in [0.1, 0.15) is 0 Å². The molecule has 1 aromatic rings. The Balaban J connectivity index is 2.17. The molecule has 1 aromatic carbocycles. The number of nitrogens with one attached hydrogen (secondary N) is 1. The van der Waals surface area contributed by atoms with Gasteiger partial charge in [-0.2, -0.15) is 0 Å².